The molecule has 1 saturated heterocycles. The molecule has 0 spiro atoms. The Morgan fingerprint density at radius 1 is 0.750 bits per heavy atom. The minimum absolute atomic E-state index is 0.120. The minimum atomic E-state index is 0.120. The third-order valence-corrected chi connectivity index (χ3v) is 5.48. The van der Waals surface area contributed by atoms with Crippen molar-refractivity contribution in [2.24, 2.45) is 0 Å². The average molecular weight is 370 g/mol. The monoisotopic (exact) mass is 370 g/mol. The van der Waals surface area contributed by atoms with Gasteiger partial charge in [-0.25, -0.2) is 0 Å². The SMILES string of the molecule is CC(=O)c1ccc(N2CCN(Cc3ccc(-c4ccccc4)cc3)CC2)cc1. The van der Waals surface area contributed by atoms with E-state index in [1.54, 1.807) is 6.92 Å². The first kappa shape index (κ1) is 18.5. The van der Waals surface area contributed by atoms with Gasteiger partial charge in [0.05, 0.1) is 0 Å². The molecule has 0 N–H and O–H groups in total. The number of carbonyl (C=O) groups is 1. The second kappa shape index (κ2) is 8.41. The predicted octanol–water partition coefficient (Wildman–Crippen LogP) is 4.88. The van der Waals surface area contributed by atoms with Crippen LogP contribution in [0.15, 0.2) is 78.9 Å². The number of hydrogen-bond donors (Lipinski definition) is 0. The van der Waals surface area contributed by atoms with Crippen molar-refractivity contribution in [3.8, 4) is 11.1 Å². The summed E-state index contributed by atoms with van der Waals surface area (Å²) in [7, 11) is 0. The largest absolute Gasteiger partial charge is 0.369 e. The Balaban J connectivity index is 1.32. The van der Waals surface area contributed by atoms with Gasteiger partial charge < -0.3 is 4.90 Å². The first-order valence-electron chi connectivity index (χ1n) is 9.92. The molecule has 0 saturated carbocycles. The molecule has 0 aromatic heterocycles. The van der Waals surface area contributed by atoms with E-state index in [4.69, 9.17) is 0 Å². The second-order valence-electron chi connectivity index (χ2n) is 7.43. The number of Topliss-reactive ketones (excluding diaryl/α,β-unsaturated/α-hetero) is 1. The van der Waals surface area contributed by atoms with Gasteiger partial charge in [-0.3, -0.25) is 9.69 Å². The average Bonchev–Trinajstić information content (AvgIpc) is 2.75. The Morgan fingerprint density at radius 2 is 1.36 bits per heavy atom. The Bertz CT molecular complexity index is 909. The Morgan fingerprint density at radius 3 is 1.96 bits per heavy atom. The van der Waals surface area contributed by atoms with Crippen LogP contribution in [0.2, 0.25) is 0 Å². The first-order chi connectivity index (χ1) is 13.7. The van der Waals surface area contributed by atoms with E-state index < -0.39 is 0 Å². The molecule has 3 nitrogen and oxygen atoms in total. The maximum Gasteiger partial charge on any atom is 0.159 e. The van der Waals surface area contributed by atoms with Crippen molar-refractivity contribution >= 4 is 11.5 Å². The normalized spacial score (nSPS) is 14.8. The maximum absolute atomic E-state index is 11.4. The molecule has 0 radical (unpaired) electrons. The molecular formula is C25H26N2O. The lowest BCUT2D eigenvalue weighted by atomic mass is 10.0. The van der Waals surface area contributed by atoms with E-state index in [1.807, 2.05) is 12.1 Å². The van der Waals surface area contributed by atoms with Crippen molar-refractivity contribution in [3.63, 3.8) is 0 Å². The standard InChI is InChI=1S/C25H26N2O/c1-20(28)22-11-13-25(14-12-22)27-17-15-26(16-18-27)19-21-7-9-24(10-8-21)23-5-3-2-4-6-23/h2-14H,15-19H2,1H3. The zero-order valence-electron chi connectivity index (χ0n) is 16.3. The molecule has 28 heavy (non-hydrogen) atoms. The van der Waals surface area contributed by atoms with Crippen LogP contribution in [0, 0.1) is 0 Å². The van der Waals surface area contributed by atoms with Gasteiger partial charge in [0.2, 0.25) is 0 Å². The number of benzene rings is 3. The lowest BCUT2D eigenvalue weighted by molar-refractivity contribution is 0.101. The van der Waals surface area contributed by atoms with E-state index in [0.717, 1.165) is 38.3 Å². The molecular weight excluding hydrogens is 344 g/mol. The smallest absolute Gasteiger partial charge is 0.159 e. The van der Waals surface area contributed by atoms with Gasteiger partial charge in [-0.2, -0.15) is 0 Å². The fourth-order valence-electron chi connectivity index (χ4n) is 3.76. The second-order valence-corrected chi connectivity index (χ2v) is 7.43. The minimum Gasteiger partial charge on any atom is -0.369 e. The van der Waals surface area contributed by atoms with Crippen molar-refractivity contribution in [1.29, 1.82) is 0 Å². The van der Waals surface area contributed by atoms with E-state index in [0.29, 0.717) is 0 Å². The van der Waals surface area contributed by atoms with Gasteiger partial charge in [0.1, 0.15) is 0 Å². The molecule has 1 heterocycles. The van der Waals surface area contributed by atoms with Gasteiger partial charge in [-0.15, -0.1) is 0 Å². The Kier molecular flexibility index (Phi) is 5.54. The summed E-state index contributed by atoms with van der Waals surface area (Å²) < 4.78 is 0. The molecule has 1 aliphatic rings. The number of rotatable bonds is 5. The summed E-state index contributed by atoms with van der Waals surface area (Å²) in [5.74, 6) is 0.120. The molecule has 1 fully saturated rings. The topological polar surface area (TPSA) is 23.6 Å². The lowest BCUT2D eigenvalue weighted by Crippen LogP contribution is -2.45. The van der Waals surface area contributed by atoms with Crippen LogP contribution in [0.3, 0.4) is 0 Å². The number of nitrogens with zero attached hydrogens (tertiary/aromatic N) is 2. The van der Waals surface area contributed by atoms with Gasteiger partial charge in [0.15, 0.2) is 5.78 Å². The molecule has 0 amide bonds. The fourth-order valence-corrected chi connectivity index (χ4v) is 3.76. The zero-order valence-corrected chi connectivity index (χ0v) is 16.3. The highest BCUT2D eigenvalue weighted by Gasteiger charge is 2.17. The van der Waals surface area contributed by atoms with Crippen molar-refractivity contribution in [1.82, 2.24) is 4.90 Å². The molecule has 1 aliphatic heterocycles. The molecule has 3 heteroatoms. The number of ketones is 1. The van der Waals surface area contributed by atoms with Gasteiger partial charge in [-0.1, -0.05) is 54.6 Å². The highest BCUT2D eigenvalue weighted by Crippen LogP contribution is 2.21. The molecule has 0 aliphatic carbocycles. The van der Waals surface area contributed by atoms with Crippen LogP contribution in [0.4, 0.5) is 5.69 Å². The summed E-state index contributed by atoms with van der Waals surface area (Å²) in [6, 6.07) is 27.4. The van der Waals surface area contributed by atoms with Gasteiger partial charge >= 0.3 is 0 Å². The van der Waals surface area contributed by atoms with Gasteiger partial charge in [-0.05, 0) is 47.9 Å². The highest BCUT2D eigenvalue weighted by atomic mass is 16.1. The molecule has 3 aromatic rings. The number of hydrogen-bond acceptors (Lipinski definition) is 3. The lowest BCUT2D eigenvalue weighted by Gasteiger charge is -2.36. The van der Waals surface area contributed by atoms with Gasteiger partial charge in [0.25, 0.3) is 0 Å². The van der Waals surface area contributed by atoms with Crippen LogP contribution in [0.5, 0.6) is 0 Å². The molecule has 3 aromatic carbocycles. The van der Waals surface area contributed by atoms with Crippen molar-refractivity contribution in [2.45, 2.75) is 13.5 Å². The first-order valence-corrected chi connectivity index (χ1v) is 9.92. The van der Waals surface area contributed by atoms with Crippen LogP contribution in [-0.4, -0.2) is 36.9 Å². The summed E-state index contributed by atoms with van der Waals surface area (Å²) in [6.07, 6.45) is 0. The van der Waals surface area contributed by atoms with Crippen LogP contribution in [0.1, 0.15) is 22.8 Å². The van der Waals surface area contributed by atoms with Crippen molar-refractivity contribution in [3.05, 3.63) is 90.0 Å². The van der Waals surface area contributed by atoms with Crippen LogP contribution < -0.4 is 4.90 Å². The predicted molar refractivity (Wildman–Crippen MR) is 116 cm³/mol. The zero-order chi connectivity index (χ0) is 19.3. The molecule has 0 atom stereocenters. The fraction of sp³-hybridized carbons (Fsp3) is 0.240. The number of piperazine rings is 1. The Hall–Kier alpha value is -2.91. The van der Waals surface area contributed by atoms with E-state index in [1.165, 1.54) is 22.4 Å². The van der Waals surface area contributed by atoms with Crippen LogP contribution >= 0.6 is 0 Å². The third-order valence-electron chi connectivity index (χ3n) is 5.48. The summed E-state index contributed by atoms with van der Waals surface area (Å²) in [6.45, 7) is 6.74. The quantitative estimate of drug-likeness (QED) is 0.598. The summed E-state index contributed by atoms with van der Waals surface area (Å²) in [5.41, 5.74) is 5.87. The number of anilines is 1. The van der Waals surface area contributed by atoms with Crippen LogP contribution in [0.25, 0.3) is 11.1 Å². The van der Waals surface area contributed by atoms with Gasteiger partial charge in [0, 0.05) is 44.0 Å². The third kappa shape index (κ3) is 4.32. The summed E-state index contributed by atoms with van der Waals surface area (Å²) >= 11 is 0. The molecule has 0 unspecified atom stereocenters. The van der Waals surface area contributed by atoms with Crippen molar-refractivity contribution in [2.75, 3.05) is 31.1 Å². The number of carbonyl (C=O) groups excluding carboxylic acids is 1. The summed E-state index contributed by atoms with van der Waals surface area (Å²) in [4.78, 5) is 16.3. The van der Waals surface area contributed by atoms with Crippen molar-refractivity contribution < 1.29 is 4.79 Å². The van der Waals surface area contributed by atoms with E-state index in [2.05, 4.69) is 76.5 Å². The van der Waals surface area contributed by atoms with E-state index >= 15 is 0 Å². The van der Waals surface area contributed by atoms with Crippen LogP contribution in [-0.2, 0) is 6.54 Å². The van der Waals surface area contributed by atoms with E-state index in [9.17, 15) is 4.79 Å². The highest BCUT2D eigenvalue weighted by molar-refractivity contribution is 5.94. The maximum atomic E-state index is 11.4. The Labute approximate surface area is 167 Å². The molecule has 4 rings (SSSR count). The van der Waals surface area contributed by atoms with E-state index in [-0.39, 0.29) is 5.78 Å². The summed E-state index contributed by atoms with van der Waals surface area (Å²) in [5, 5.41) is 0. The molecule has 0 bridgehead atoms. The molecule has 142 valence electrons.